The van der Waals surface area contributed by atoms with Crippen molar-refractivity contribution in [3.05, 3.63) is 89.6 Å². The third-order valence-corrected chi connectivity index (χ3v) is 8.38. The van der Waals surface area contributed by atoms with Crippen molar-refractivity contribution in [3.8, 4) is 11.1 Å². The van der Waals surface area contributed by atoms with Gasteiger partial charge in [0.25, 0.3) is 11.8 Å². The number of carbonyl (C=O) groups is 3. The zero-order chi connectivity index (χ0) is 28.0. The maximum atomic E-state index is 14.7. The van der Waals surface area contributed by atoms with Gasteiger partial charge in [0.15, 0.2) is 0 Å². The molecule has 2 heterocycles. The number of fused-ring (bicyclic) bond motifs is 1. The first-order chi connectivity index (χ1) is 19.2. The van der Waals surface area contributed by atoms with Crippen molar-refractivity contribution < 1.29 is 23.9 Å². The molecule has 2 saturated carbocycles. The number of nitrogens with one attached hydrogen (secondary N) is 2. The van der Waals surface area contributed by atoms with Gasteiger partial charge in [-0.3, -0.25) is 19.4 Å². The summed E-state index contributed by atoms with van der Waals surface area (Å²) in [7, 11) is 1.56. The Morgan fingerprint density at radius 2 is 1.75 bits per heavy atom. The number of carboxylic acid groups (broad SMARTS) is 1. The summed E-state index contributed by atoms with van der Waals surface area (Å²) in [6.07, 6.45) is 6.30. The molecule has 3 N–H and O–H groups in total. The molecule has 2 aromatic carbocycles. The number of benzene rings is 2. The molecule has 2 amide bonds. The normalized spacial score (nSPS) is 21.4. The van der Waals surface area contributed by atoms with Crippen LogP contribution in [0.1, 0.15) is 52.1 Å². The fourth-order valence-electron chi connectivity index (χ4n) is 6.31. The van der Waals surface area contributed by atoms with Gasteiger partial charge in [0.1, 0.15) is 11.5 Å². The lowest BCUT2D eigenvalue weighted by Gasteiger charge is -2.56. The Morgan fingerprint density at radius 1 is 1.00 bits per heavy atom. The topological polar surface area (TPSA) is 113 Å². The Bertz CT molecular complexity index is 1630. The van der Waals surface area contributed by atoms with Crippen molar-refractivity contribution in [3.63, 3.8) is 0 Å². The van der Waals surface area contributed by atoms with Gasteiger partial charge < -0.3 is 20.3 Å². The van der Waals surface area contributed by atoms with Crippen LogP contribution in [0.25, 0.3) is 22.0 Å². The molecule has 1 spiro atoms. The second-order valence-corrected chi connectivity index (χ2v) is 11.0. The van der Waals surface area contributed by atoms with Crippen LogP contribution >= 0.6 is 0 Å². The molecule has 0 aliphatic heterocycles. The molecule has 4 aromatic rings. The molecule has 2 fully saturated rings. The Balaban J connectivity index is 1.18. The SMILES string of the molecule is CNC(=O)c1cc(-c2ccc(Cn3ccc4c(F)ccc(C(=O)NC5CC6(C5)CC(C(=O)O)C6)c43)cc2)ccn1. The third kappa shape index (κ3) is 4.61. The highest BCUT2D eigenvalue weighted by atomic mass is 19.1. The van der Waals surface area contributed by atoms with E-state index in [1.807, 2.05) is 34.9 Å². The standard InChI is InChI=1S/C31H29FN4O4/c1-33-29(38)26-12-20(8-10-34-26)19-4-2-18(3-5-19)17-36-11-9-23-25(32)7-6-24(27(23)36)28(37)35-22-15-31(16-22)13-21(14-31)30(39)40/h2-12,21-22H,13-17H2,1H3,(H,33,38)(H,35,37)(H,39,40). The number of halogens is 1. The largest absolute Gasteiger partial charge is 0.481 e. The molecular formula is C31H29FN4O4. The highest BCUT2D eigenvalue weighted by molar-refractivity contribution is 6.06. The zero-order valence-corrected chi connectivity index (χ0v) is 22.0. The minimum atomic E-state index is -0.741. The van der Waals surface area contributed by atoms with Gasteiger partial charge in [-0.05, 0) is 78.1 Å². The average molecular weight is 541 g/mol. The summed E-state index contributed by atoms with van der Waals surface area (Å²) in [5.74, 6) is -1.90. The molecule has 0 saturated heterocycles. The minimum absolute atomic E-state index is 0.00425. The smallest absolute Gasteiger partial charge is 0.306 e. The van der Waals surface area contributed by atoms with Crippen LogP contribution in [0.5, 0.6) is 0 Å². The van der Waals surface area contributed by atoms with Crippen molar-refractivity contribution in [1.29, 1.82) is 0 Å². The van der Waals surface area contributed by atoms with Crippen LogP contribution in [-0.2, 0) is 11.3 Å². The molecule has 8 nitrogen and oxygen atoms in total. The summed E-state index contributed by atoms with van der Waals surface area (Å²) in [4.78, 5) is 40.5. The minimum Gasteiger partial charge on any atom is -0.481 e. The van der Waals surface area contributed by atoms with E-state index in [1.165, 1.54) is 12.1 Å². The Labute approximate surface area is 230 Å². The van der Waals surface area contributed by atoms with Gasteiger partial charge >= 0.3 is 5.97 Å². The van der Waals surface area contributed by atoms with E-state index in [0.717, 1.165) is 29.5 Å². The first-order valence-corrected chi connectivity index (χ1v) is 13.3. The van der Waals surface area contributed by atoms with Gasteiger partial charge in [0.05, 0.1) is 17.0 Å². The fraction of sp³-hybridized carbons (Fsp3) is 0.290. The predicted molar refractivity (Wildman–Crippen MR) is 147 cm³/mol. The van der Waals surface area contributed by atoms with Crippen LogP contribution in [0, 0.1) is 17.2 Å². The second kappa shape index (κ2) is 9.89. The van der Waals surface area contributed by atoms with E-state index in [4.69, 9.17) is 5.11 Å². The fourth-order valence-corrected chi connectivity index (χ4v) is 6.31. The summed E-state index contributed by atoms with van der Waals surface area (Å²) in [6, 6.07) is 16.0. The van der Waals surface area contributed by atoms with Gasteiger partial charge in [-0.25, -0.2) is 4.39 Å². The lowest BCUT2D eigenvalue weighted by Crippen LogP contribution is -2.57. The number of carbonyl (C=O) groups excluding carboxylic acids is 2. The van der Waals surface area contributed by atoms with Crippen molar-refractivity contribution in [1.82, 2.24) is 20.2 Å². The van der Waals surface area contributed by atoms with E-state index >= 15 is 0 Å². The number of hydrogen-bond donors (Lipinski definition) is 3. The molecule has 2 aliphatic rings. The first-order valence-electron chi connectivity index (χ1n) is 13.3. The number of aliphatic carboxylic acids is 1. The van der Waals surface area contributed by atoms with Crippen LogP contribution in [0.3, 0.4) is 0 Å². The molecule has 40 heavy (non-hydrogen) atoms. The number of hydrogen-bond acceptors (Lipinski definition) is 4. The van der Waals surface area contributed by atoms with Crippen LogP contribution < -0.4 is 10.6 Å². The number of nitrogens with zero attached hydrogens (tertiary/aromatic N) is 2. The van der Waals surface area contributed by atoms with Crippen molar-refractivity contribution in [2.45, 2.75) is 38.3 Å². The zero-order valence-electron chi connectivity index (χ0n) is 22.0. The van der Waals surface area contributed by atoms with Crippen molar-refractivity contribution >= 4 is 28.7 Å². The molecule has 2 aromatic heterocycles. The van der Waals surface area contributed by atoms with Crippen LogP contribution in [0.4, 0.5) is 4.39 Å². The Kier molecular flexibility index (Phi) is 6.37. The van der Waals surface area contributed by atoms with E-state index in [9.17, 15) is 18.8 Å². The molecule has 0 radical (unpaired) electrons. The average Bonchev–Trinajstić information content (AvgIpc) is 3.33. The first kappa shape index (κ1) is 25.7. The quantitative estimate of drug-likeness (QED) is 0.317. The Hall–Kier alpha value is -4.53. The third-order valence-electron chi connectivity index (χ3n) is 8.38. The van der Waals surface area contributed by atoms with E-state index < -0.39 is 5.97 Å². The summed E-state index contributed by atoms with van der Waals surface area (Å²) in [5.41, 5.74) is 4.10. The van der Waals surface area contributed by atoms with Crippen molar-refractivity contribution in [2.24, 2.45) is 11.3 Å². The predicted octanol–water partition coefficient (Wildman–Crippen LogP) is 4.62. The van der Waals surface area contributed by atoms with Gasteiger partial charge in [0.2, 0.25) is 0 Å². The molecule has 204 valence electrons. The highest BCUT2D eigenvalue weighted by Gasteiger charge is 2.55. The number of aromatic nitrogens is 2. The maximum absolute atomic E-state index is 14.7. The number of amides is 2. The second-order valence-electron chi connectivity index (χ2n) is 11.0. The molecule has 0 bridgehead atoms. The van der Waals surface area contributed by atoms with Crippen LogP contribution in [-0.4, -0.2) is 45.5 Å². The van der Waals surface area contributed by atoms with Crippen molar-refractivity contribution in [2.75, 3.05) is 7.05 Å². The molecule has 2 aliphatic carbocycles. The van der Waals surface area contributed by atoms with E-state index in [-0.39, 0.29) is 35.0 Å². The summed E-state index contributed by atoms with van der Waals surface area (Å²) in [6.45, 7) is 0.441. The lowest BCUT2D eigenvalue weighted by molar-refractivity contribution is -0.155. The lowest BCUT2D eigenvalue weighted by atomic mass is 9.50. The van der Waals surface area contributed by atoms with Crippen LogP contribution in [0.2, 0.25) is 0 Å². The summed E-state index contributed by atoms with van der Waals surface area (Å²) < 4.78 is 16.6. The number of pyridine rings is 1. The summed E-state index contributed by atoms with van der Waals surface area (Å²) in [5, 5.41) is 15.2. The van der Waals surface area contributed by atoms with Gasteiger partial charge in [-0.15, -0.1) is 0 Å². The van der Waals surface area contributed by atoms with Crippen LogP contribution in [0.15, 0.2) is 67.0 Å². The van der Waals surface area contributed by atoms with E-state index in [1.54, 1.807) is 31.6 Å². The van der Waals surface area contributed by atoms with Gasteiger partial charge in [-0.1, -0.05) is 24.3 Å². The molecule has 0 unspecified atom stereocenters. The van der Waals surface area contributed by atoms with E-state index in [0.29, 0.717) is 41.5 Å². The monoisotopic (exact) mass is 540 g/mol. The molecule has 9 heteroatoms. The van der Waals surface area contributed by atoms with Gasteiger partial charge in [-0.2, -0.15) is 0 Å². The maximum Gasteiger partial charge on any atom is 0.306 e. The molecule has 0 atom stereocenters. The molecule has 6 rings (SSSR count). The summed E-state index contributed by atoms with van der Waals surface area (Å²) >= 11 is 0. The van der Waals surface area contributed by atoms with E-state index in [2.05, 4.69) is 15.6 Å². The highest BCUT2D eigenvalue weighted by Crippen LogP contribution is 2.58. The molecular weight excluding hydrogens is 511 g/mol. The number of carboxylic acids is 1. The Morgan fingerprint density at radius 3 is 2.45 bits per heavy atom. The van der Waals surface area contributed by atoms with Gasteiger partial charge in [0, 0.05) is 37.4 Å². The number of rotatable bonds is 7.